The highest BCUT2D eigenvalue weighted by molar-refractivity contribution is 9.10. The molecule has 1 heterocycles. The lowest BCUT2D eigenvalue weighted by Crippen LogP contribution is -2.08. The number of halogens is 3. The zero-order chi connectivity index (χ0) is 11.4. The maximum Gasteiger partial charge on any atom is 0.356 e. The summed E-state index contributed by atoms with van der Waals surface area (Å²) in [5.74, 6) is -0.708. The number of pyridine rings is 1. The second-order valence-corrected chi connectivity index (χ2v) is 3.53. The predicted molar refractivity (Wildman–Crippen MR) is 52.9 cm³/mol. The van der Waals surface area contributed by atoms with Crippen LogP contribution in [0.2, 0.25) is 0 Å². The number of carbonyl (C=O) groups excluding carboxylic acids is 1. The number of aromatic nitrogens is 1. The molecule has 0 spiro atoms. The fourth-order valence-electron chi connectivity index (χ4n) is 0.939. The minimum absolute atomic E-state index is 0.124. The van der Waals surface area contributed by atoms with Crippen molar-refractivity contribution in [2.75, 3.05) is 6.61 Å². The van der Waals surface area contributed by atoms with E-state index in [1.54, 1.807) is 6.92 Å². The first-order chi connectivity index (χ1) is 7.04. The quantitative estimate of drug-likeness (QED) is 0.799. The maximum absolute atomic E-state index is 12.3. The number of hydrogen-bond acceptors (Lipinski definition) is 3. The molecule has 0 N–H and O–H groups in total. The van der Waals surface area contributed by atoms with Gasteiger partial charge >= 0.3 is 5.97 Å². The molecule has 0 radical (unpaired) electrons. The first-order valence-electron chi connectivity index (χ1n) is 4.17. The number of ether oxygens (including phenoxy) is 1. The van der Waals surface area contributed by atoms with Crippen LogP contribution in [0.3, 0.4) is 0 Å². The van der Waals surface area contributed by atoms with Crippen LogP contribution in [0.5, 0.6) is 0 Å². The second kappa shape index (κ2) is 5.16. The number of alkyl halides is 2. The third kappa shape index (κ3) is 3.23. The molecule has 0 aliphatic carbocycles. The van der Waals surface area contributed by atoms with E-state index in [0.717, 1.165) is 6.07 Å². The van der Waals surface area contributed by atoms with Gasteiger partial charge in [0.1, 0.15) is 11.4 Å². The Morgan fingerprint density at radius 2 is 2.27 bits per heavy atom. The Kier molecular flexibility index (Phi) is 4.14. The molecule has 82 valence electrons. The third-order valence-electron chi connectivity index (χ3n) is 1.52. The van der Waals surface area contributed by atoms with Crippen molar-refractivity contribution in [1.82, 2.24) is 4.98 Å². The lowest BCUT2D eigenvalue weighted by atomic mass is 10.3. The summed E-state index contributed by atoms with van der Waals surface area (Å²) in [6.45, 7) is 1.81. The molecule has 0 aliphatic rings. The zero-order valence-corrected chi connectivity index (χ0v) is 9.42. The van der Waals surface area contributed by atoms with Crippen LogP contribution in [-0.4, -0.2) is 17.6 Å². The summed E-state index contributed by atoms with van der Waals surface area (Å²) in [4.78, 5) is 14.7. The van der Waals surface area contributed by atoms with Crippen LogP contribution in [0.1, 0.15) is 29.5 Å². The SMILES string of the molecule is CCOC(=O)c1cc(Br)cc(C(F)F)n1. The maximum atomic E-state index is 12.3. The highest BCUT2D eigenvalue weighted by Gasteiger charge is 2.15. The molecule has 0 unspecified atom stereocenters. The molecule has 3 nitrogen and oxygen atoms in total. The number of nitrogens with zero attached hydrogens (tertiary/aromatic N) is 1. The molecule has 6 heteroatoms. The van der Waals surface area contributed by atoms with Gasteiger partial charge in [-0.05, 0) is 19.1 Å². The van der Waals surface area contributed by atoms with Gasteiger partial charge in [-0.15, -0.1) is 0 Å². The van der Waals surface area contributed by atoms with E-state index in [2.05, 4.69) is 25.7 Å². The van der Waals surface area contributed by atoms with Crippen molar-refractivity contribution in [3.63, 3.8) is 0 Å². The minimum atomic E-state index is -2.71. The fraction of sp³-hybridized carbons (Fsp3) is 0.333. The van der Waals surface area contributed by atoms with Crippen LogP contribution < -0.4 is 0 Å². The Hall–Kier alpha value is -1.04. The van der Waals surface area contributed by atoms with Gasteiger partial charge in [-0.25, -0.2) is 18.6 Å². The van der Waals surface area contributed by atoms with E-state index < -0.39 is 18.1 Å². The zero-order valence-electron chi connectivity index (χ0n) is 7.84. The predicted octanol–water partition coefficient (Wildman–Crippen LogP) is 2.96. The van der Waals surface area contributed by atoms with Gasteiger partial charge < -0.3 is 4.74 Å². The van der Waals surface area contributed by atoms with Gasteiger partial charge in [0, 0.05) is 4.47 Å². The summed E-state index contributed by atoms with van der Waals surface area (Å²) in [7, 11) is 0. The second-order valence-electron chi connectivity index (χ2n) is 2.62. The minimum Gasteiger partial charge on any atom is -0.461 e. The topological polar surface area (TPSA) is 39.2 Å². The Labute approximate surface area is 93.6 Å². The molecule has 0 aliphatic heterocycles. The summed E-state index contributed by atoms with van der Waals surface area (Å²) >= 11 is 3.02. The molecule has 0 bridgehead atoms. The monoisotopic (exact) mass is 279 g/mol. The molecule has 0 amide bonds. The summed E-state index contributed by atoms with van der Waals surface area (Å²) in [6, 6.07) is 2.50. The van der Waals surface area contributed by atoms with E-state index in [4.69, 9.17) is 0 Å². The van der Waals surface area contributed by atoms with Gasteiger partial charge in [-0.1, -0.05) is 15.9 Å². The molecule has 1 aromatic heterocycles. The normalized spacial score (nSPS) is 10.5. The molecule has 0 saturated heterocycles. The van der Waals surface area contributed by atoms with Crippen LogP contribution in [-0.2, 0) is 4.74 Å². The van der Waals surface area contributed by atoms with Gasteiger partial charge in [-0.3, -0.25) is 0 Å². The smallest absolute Gasteiger partial charge is 0.356 e. The molecular formula is C9H8BrF2NO2. The average Bonchev–Trinajstić information content (AvgIpc) is 2.17. The summed E-state index contributed by atoms with van der Waals surface area (Å²) < 4.78 is 29.7. The number of hydrogen-bond donors (Lipinski definition) is 0. The van der Waals surface area contributed by atoms with Crippen molar-refractivity contribution in [3.05, 3.63) is 28.0 Å². The molecule has 1 aromatic rings. The van der Waals surface area contributed by atoms with Crippen LogP contribution in [0.25, 0.3) is 0 Å². The Morgan fingerprint density at radius 3 is 2.80 bits per heavy atom. The Balaban J connectivity index is 3.03. The third-order valence-corrected chi connectivity index (χ3v) is 1.98. The Bertz CT molecular complexity index is 371. The van der Waals surface area contributed by atoms with Crippen LogP contribution in [0, 0.1) is 0 Å². The van der Waals surface area contributed by atoms with E-state index in [0.29, 0.717) is 4.47 Å². The van der Waals surface area contributed by atoms with E-state index >= 15 is 0 Å². The van der Waals surface area contributed by atoms with Crippen molar-refractivity contribution in [2.45, 2.75) is 13.3 Å². The standard InChI is InChI=1S/C9H8BrF2NO2/c1-2-15-9(14)7-4-5(10)3-6(13-7)8(11)12/h3-4,8H,2H2,1H3. The summed E-state index contributed by atoms with van der Waals surface area (Å²) in [5.41, 5.74) is -0.575. The number of carbonyl (C=O) groups is 1. The molecule has 15 heavy (non-hydrogen) atoms. The van der Waals surface area contributed by atoms with Crippen molar-refractivity contribution in [2.24, 2.45) is 0 Å². The molecular weight excluding hydrogens is 272 g/mol. The van der Waals surface area contributed by atoms with E-state index in [-0.39, 0.29) is 12.3 Å². The fourth-order valence-corrected chi connectivity index (χ4v) is 1.39. The lowest BCUT2D eigenvalue weighted by Gasteiger charge is -2.04. The molecule has 0 aromatic carbocycles. The van der Waals surface area contributed by atoms with Gasteiger partial charge in [0.2, 0.25) is 0 Å². The highest BCUT2D eigenvalue weighted by atomic mass is 79.9. The number of esters is 1. The first-order valence-corrected chi connectivity index (χ1v) is 4.96. The average molecular weight is 280 g/mol. The molecule has 1 rings (SSSR count). The van der Waals surface area contributed by atoms with E-state index in [9.17, 15) is 13.6 Å². The van der Waals surface area contributed by atoms with Gasteiger partial charge in [-0.2, -0.15) is 0 Å². The Morgan fingerprint density at radius 1 is 1.60 bits per heavy atom. The largest absolute Gasteiger partial charge is 0.461 e. The summed E-state index contributed by atoms with van der Waals surface area (Å²) in [6.07, 6.45) is -2.71. The van der Waals surface area contributed by atoms with Crippen LogP contribution >= 0.6 is 15.9 Å². The summed E-state index contributed by atoms with van der Waals surface area (Å²) in [5, 5.41) is 0. The van der Waals surface area contributed by atoms with Crippen molar-refractivity contribution >= 4 is 21.9 Å². The first kappa shape index (κ1) is 12.0. The van der Waals surface area contributed by atoms with Gasteiger partial charge in [0.05, 0.1) is 6.61 Å². The van der Waals surface area contributed by atoms with Crippen LogP contribution in [0.4, 0.5) is 8.78 Å². The van der Waals surface area contributed by atoms with E-state index in [1.165, 1.54) is 6.07 Å². The molecule has 0 fully saturated rings. The molecule has 0 saturated carbocycles. The van der Waals surface area contributed by atoms with Crippen molar-refractivity contribution < 1.29 is 18.3 Å². The van der Waals surface area contributed by atoms with Gasteiger partial charge in [0.15, 0.2) is 0 Å². The van der Waals surface area contributed by atoms with Crippen molar-refractivity contribution in [3.8, 4) is 0 Å². The lowest BCUT2D eigenvalue weighted by molar-refractivity contribution is 0.0517. The number of rotatable bonds is 3. The molecule has 0 atom stereocenters. The van der Waals surface area contributed by atoms with Crippen LogP contribution in [0.15, 0.2) is 16.6 Å². The van der Waals surface area contributed by atoms with Crippen molar-refractivity contribution in [1.29, 1.82) is 0 Å². The highest BCUT2D eigenvalue weighted by Crippen LogP contribution is 2.21. The van der Waals surface area contributed by atoms with Gasteiger partial charge in [0.25, 0.3) is 6.43 Å². The van der Waals surface area contributed by atoms with E-state index in [1.807, 2.05) is 0 Å².